The first-order valence-corrected chi connectivity index (χ1v) is 6.57. The van der Waals surface area contributed by atoms with Gasteiger partial charge in [-0.25, -0.2) is 4.98 Å². The number of nitrogens with one attached hydrogen (secondary N) is 1. The van der Waals surface area contributed by atoms with Crippen molar-refractivity contribution in [2.45, 2.75) is 46.5 Å². The Bertz CT molecular complexity index is 387. The van der Waals surface area contributed by atoms with E-state index in [1.807, 2.05) is 19.3 Å². The predicted molar refractivity (Wildman–Crippen MR) is 71.2 cm³/mol. The minimum Gasteiger partial charge on any atom is -0.481 e. The Labute approximate surface area is 109 Å². The lowest BCUT2D eigenvalue weighted by molar-refractivity contribution is -0.378. The quantitative estimate of drug-likeness (QED) is 0.843. The monoisotopic (exact) mass is 250 g/mol. The van der Waals surface area contributed by atoms with E-state index in [4.69, 9.17) is 0 Å². The lowest BCUT2D eigenvalue weighted by Gasteiger charge is -2.33. The van der Waals surface area contributed by atoms with Crippen LogP contribution < -0.4 is 4.98 Å². The maximum absolute atomic E-state index is 11.3. The lowest BCUT2D eigenvalue weighted by atomic mass is 9.71. The highest BCUT2D eigenvalue weighted by Crippen LogP contribution is 2.39. The molecule has 1 aromatic rings. The standard InChI is InChI=1S/C15H23NO2/c1-5-13(14(17)18)15(3,4)10-11(2)12-6-8-16-9-7-12/h6-9,11,13H,5,10H2,1-4H3,(H,17,18)/p+1. The van der Waals surface area contributed by atoms with Crippen LogP contribution >= 0.6 is 0 Å². The largest absolute Gasteiger partial charge is 0.481 e. The molecule has 2 N–H and O–H groups in total. The highest BCUT2D eigenvalue weighted by molar-refractivity contribution is 5.70. The summed E-state index contributed by atoms with van der Waals surface area (Å²) in [6, 6.07) is 4.12. The minimum absolute atomic E-state index is 0.195. The summed E-state index contributed by atoms with van der Waals surface area (Å²) in [6.07, 6.45) is 5.38. The molecule has 0 radical (unpaired) electrons. The molecule has 0 saturated heterocycles. The predicted octanol–water partition coefficient (Wildman–Crippen LogP) is 3.13. The van der Waals surface area contributed by atoms with Gasteiger partial charge in [0.05, 0.1) is 5.92 Å². The summed E-state index contributed by atoms with van der Waals surface area (Å²) in [7, 11) is 0. The van der Waals surface area contributed by atoms with E-state index in [0.717, 1.165) is 6.42 Å². The van der Waals surface area contributed by atoms with Gasteiger partial charge < -0.3 is 5.11 Å². The molecule has 3 nitrogen and oxygen atoms in total. The molecule has 0 bridgehead atoms. The molecule has 2 atom stereocenters. The summed E-state index contributed by atoms with van der Waals surface area (Å²) in [5.41, 5.74) is 1.06. The zero-order chi connectivity index (χ0) is 13.8. The fraction of sp³-hybridized carbons (Fsp3) is 0.600. The number of aromatic amines is 1. The number of pyridine rings is 1. The van der Waals surface area contributed by atoms with Crippen molar-refractivity contribution in [1.82, 2.24) is 0 Å². The number of hydrogen-bond acceptors (Lipinski definition) is 1. The molecule has 0 aromatic carbocycles. The van der Waals surface area contributed by atoms with Crippen LogP contribution in [0.1, 0.15) is 52.0 Å². The number of aliphatic carboxylic acids is 1. The molecule has 1 heterocycles. The van der Waals surface area contributed by atoms with Gasteiger partial charge in [-0.3, -0.25) is 4.79 Å². The zero-order valence-corrected chi connectivity index (χ0v) is 11.7. The van der Waals surface area contributed by atoms with Crippen LogP contribution in [-0.2, 0) is 4.79 Å². The summed E-state index contributed by atoms with van der Waals surface area (Å²) < 4.78 is 0. The fourth-order valence-electron chi connectivity index (χ4n) is 2.84. The van der Waals surface area contributed by atoms with Crippen molar-refractivity contribution in [1.29, 1.82) is 0 Å². The second-order valence-electron chi connectivity index (χ2n) is 5.73. The Morgan fingerprint density at radius 2 is 1.94 bits per heavy atom. The molecule has 0 aliphatic heterocycles. The van der Waals surface area contributed by atoms with Crippen LogP contribution in [0.4, 0.5) is 0 Å². The summed E-state index contributed by atoms with van der Waals surface area (Å²) in [4.78, 5) is 14.3. The van der Waals surface area contributed by atoms with Gasteiger partial charge in [-0.2, -0.15) is 0 Å². The van der Waals surface area contributed by atoms with Crippen LogP contribution in [0.3, 0.4) is 0 Å². The first kappa shape index (κ1) is 14.7. The van der Waals surface area contributed by atoms with Crippen molar-refractivity contribution >= 4 is 5.97 Å². The number of carboxylic acids is 1. The Morgan fingerprint density at radius 1 is 1.39 bits per heavy atom. The van der Waals surface area contributed by atoms with Crippen LogP contribution in [0.2, 0.25) is 0 Å². The average Bonchev–Trinajstić information content (AvgIpc) is 2.29. The number of rotatable bonds is 6. The van der Waals surface area contributed by atoms with E-state index in [-0.39, 0.29) is 11.3 Å². The number of carbonyl (C=O) groups is 1. The van der Waals surface area contributed by atoms with E-state index in [0.29, 0.717) is 12.3 Å². The van der Waals surface area contributed by atoms with E-state index in [1.54, 1.807) is 0 Å². The SMILES string of the molecule is CCC(C(=O)O)C(C)(C)CC(C)c1cc[nH+]cc1. The molecule has 0 spiro atoms. The number of hydrogen-bond donors (Lipinski definition) is 1. The molecule has 2 unspecified atom stereocenters. The van der Waals surface area contributed by atoms with Crippen LogP contribution in [-0.4, -0.2) is 11.1 Å². The molecule has 18 heavy (non-hydrogen) atoms. The van der Waals surface area contributed by atoms with Gasteiger partial charge in [-0.05, 0) is 29.7 Å². The van der Waals surface area contributed by atoms with Gasteiger partial charge >= 0.3 is 5.97 Å². The van der Waals surface area contributed by atoms with Gasteiger partial charge in [-0.15, -0.1) is 0 Å². The molecule has 100 valence electrons. The Morgan fingerprint density at radius 3 is 2.39 bits per heavy atom. The maximum atomic E-state index is 11.3. The smallest absolute Gasteiger partial charge is 0.307 e. The van der Waals surface area contributed by atoms with Crippen molar-refractivity contribution in [3.8, 4) is 0 Å². The summed E-state index contributed by atoms with van der Waals surface area (Å²) >= 11 is 0. The molecule has 0 saturated carbocycles. The molecule has 0 amide bonds. The molecular formula is C15H24NO2+. The van der Waals surface area contributed by atoms with Crippen molar-refractivity contribution in [2.75, 3.05) is 0 Å². The third kappa shape index (κ3) is 3.56. The van der Waals surface area contributed by atoms with Crippen LogP contribution in [0.25, 0.3) is 0 Å². The summed E-state index contributed by atoms with van der Waals surface area (Å²) in [6.45, 7) is 8.22. The van der Waals surface area contributed by atoms with Gasteiger partial charge in [0.2, 0.25) is 0 Å². The van der Waals surface area contributed by atoms with Gasteiger partial charge in [-0.1, -0.05) is 27.7 Å². The molecule has 0 fully saturated rings. The Kier molecular flexibility index (Phi) is 4.88. The second kappa shape index (κ2) is 5.98. The van der Waals surface area contributed by atoms with Crippen LogP contribution in [0.5, 0.6) is 0 Å². The maximum Gasteiger partial charge on any atom is 0.307 e. The number of H-pyrrole nitrogens is 1. The third-order valence-corrected chi connectivity index (χ3v) is 3.80. The highest BCUT2D eigenvalue weighted by atomic mass is 16.4. The van der Waals surface area contributed by atoms with Crippen LogP contribution in [0, 0.1) is 11.3 Å². The summed E-state index contributed by atoms with van der Waals surface area (Å²) in [5, 5.41) is 9.29. The number of carboxylic acid groups (broad SMARTS) is 1. The Balaban J connectivity index is 2.79. The van der Waals surface area contributed by atoms with Crippen molar-refractivity contribution in [3.63, 3.8) is 0 Å². The third-order valence-electron chi connectivity index (χ3n) is 3.80. The molecule has 3 heteroatoms. The molecule has 1 rings (SSSR count). The van der Waals surface area contributed by atoms with E-state index in [2.05, 4.69) is 37.9 Å². The van der Waals surface area contributed by atoms with Gasteiger partial charge in [0.25, 0.3) is 0 Å². The highest BCUT2D eigenvalue weighted by Gasteiger charge is 2.35. The van der Waals surface area contributed by atoms with E-state index >= 15 is 0 Å². The van der Waals surface area contributed by atoms with Crippen molar-refractivity contribution in [3.05, 3.63) is 30.1 Å². The fourth-order valence-corrected chi connectivity index (χ4v) is 2.84. The minimum atomic E-state index is -0.684. The lowest BCUT2D eigenvalue weighted by Crippen LogP contribution is -2.31. The molecule has 0 aliphatic rings. The van der Waals surface area contributed by atoms with Crippen molar-refractivity contribution in [2.24, 2.45) is 11.3 Å². The van der Waals surface area contributed by atoms with Gasteiger partial charge in [0, 0.05) is 12.1 Å². The zero-order valence-electron chi connectivity index (χ0n) is 11.7. The first-order valence-electron chi connectivity index (χ1n) is 6.57. The molecule has 1 aromatic heterocycles. The second-order valence-corrected chi connectivity index (χ2v) is 5.73. The topological polar surface area (TPSA) is 51.4 Å². The molecule has 0 aliphatic carbocycles. The van der Waals surface area contributed by atoms with E-state index in [9.17, 15) is 9.90 Å². The molecular weight excluding hydrogens is 226 g/mol. The number of aromatic nitrogens is 1. The first-order chi connectivity index (χ1) is 8.38. The average molecular weight is 250 g/mol. The normalized spacial score (nSPS) is 15.1. The van der Waals surface area contributed by atoms with Crippen molar-refractivity contribution < 1.29 is 14.9 Å². The van der Waals surface area contributed by atoms with Crippen LogP contribution in [0.15, 0.2) is 24.5 Å². The van der Waals surface area contributed by atoms with Gasteiger partial charge in [0.1, 0.15) is 0 Å². The van der Waals surface area contributed by atoms with E-state index < -0.39 is 5.97 Å². The van der Waals surface area contributed by atoms with E-state index in [1.165, 1.54) is 5.56 Å². The van der Waals surface area contributed by atoms with Gasteiger partial charge in [0.15, 0.2) is 12.4 Å². The summed E-state index contributed by atoms with van der Waals surface area (Å²) in [5.74, 6) is -0.602. The Hall–Kier alpha value is -1.38.